The Kier molecular flexibility index (Phi) is 6.23. The van der Waals surface area contributed by atoms with E-state index in [9.17, 15) is 14.7 Å². The first-order chi connectivity index (χ1) is 11.5. The van der Waals surface area contributed by atoms with Gasteiger partial charge in [0.05, 0.1) is 11.5 Å². The van der Waals surface area contributed by atoms with Gasteiger partial charge in [0.2, 0.25) is 5.91 Å². The Bertz CT molecular complexity index is 750. The lowest BCUT2D eigenvalue weighted by molar-refractivity contribution is -0.138. The summed E-state index contributed by atoms with van der Waals surface area (Å²) in [7, 11) is 0. The molecule has 0 aliphatic carbocycles. The lowest BCUT2D eigenvalue weighted by atomic mass is 10.1. The highest BCUT2D eigenvalue weighted by Crippen LogP contribution is 2.39. The van der Waals surface area contributed by atoms with Gasteiger partial charge in [0.25, 0.3) is 0 Å². The summed E-state index contributed by atoms with van der Waals surface area (Å²) in [5, 5.41) is 11.1. The van der Waals surface area contributed by atoms with E-state index < -0.39 is 5.97 Å². The van der Waals surface area contributed by atoms with Gasteiger partial charge in [-0.1, -0.05) is 42.4 Å². The van der Waals surface area contributed by atoms with Crippen molar-refractivity contribution in [2.45, 2.75) is 20.3 Å². The smallest absolute Gasteiger partial charge is 0.344 e. The van der Waals surface area contributed by atoms with E-state index in [2.05, 4.69) is 4.99 Å². The summed E-state index contributed by atoms with van der Waals surface area (Å²) < 4.78 is 4.95. The van der Waals surface area contributed by atoms with E-state index in [0.29, 0.717) is 9.93 Å². The molecule has 0 atom stereocenters. The monoisotopic (exact) mass is 365 g/mol. The maximum Gasteiger partial charge on any atom is 0.344 e. The van der Waals surface area contributed by atoms with Crippen LogP contribution < -0.4 is 0 Å². The van der Waals surface area contributed by atoms with Crippen molar-refractivity contribution in [1.82, 2.24) is 0 Å². The number of hydrogen-bond acceptors (Lipinski definition) is 5. The number of carbonyl (C=O) groups is 2. The standard InChI is InChI=1S/C17H16ClNO4S/c1-3-13(20)19-16-14(17(22)23-4-2)15(21)12(24-16)9-10-5-7-11(18)8-6-10/h5-9,21H,3-4H2,1-2H3/b12-9-,19-16?. The van der Waals surface area contributed by atoms with E-state index in [1.165, 1.54) is 0 Å². The van der Waals surface area contributed by atoms with Crippen LogP contribution in [0.15, 0.2) is 45.5 Å². The van der Waals surface area contributed by atoms with E-state index in [4.69, 9.17) is 16.3 Å². The van der Waals surface area contributed by atoms with Crippen LogP contribution in [0.1, 0.15) is 25.8 Å². The molecule has 24 heavy (non-hydrogen) atoms. The average Bonchev–Trinajstić information content (AvgIpc) is 2.85. The van der Waals surface area contributed by atoms with Crippen molar-refractivity contribution in [1.29, 1.82) is 0 Å². The number of esters is 1. The second-order valence-electron chi connectivity index (χ2n) is 4.77. The summed E-state index contributed by atoms with van der Waals surface area (Å²) in [5.41, 5.74) is 0.712. The number of carbonyl (C=O) groups excluding carboxylic acids is 2. The van der Waals surface area contributed by atoms with Crippen LogP contribution in [0.3, 0.4) is 0 Å². The van der Waals surface area contributed by atoms with E-state index in [-0.39, 0.29) is 35.3 Å². The number of halogens is 1. The van der Waals surface area contributed by atoms with Crippen molar-refractivity contribution < 1.29 is 19.4 Å². The molecule has 1 aromatic carbocycles. The SMILES string of the molecule is CCOC(=O)C1=C(O)/C(=C/c2ccc(Cl)cc2)SC1=NC(=O)CC. The van der Waals surface area contributed by atoms with Crippen LogP contribution in [0, 0.1) is 0 Å². The van der Waals surface area contributed by atoms with Crippen LogP contribution in [0.25, 0.3) is 6.08 Å². The highest BCUT2D eigenvalue weighted by Gasteiger charge is 2.33. The quantitative estimate of drug-likeness (QED) is 0.811. The van der Waals surface area contributed by atoms with Crippen molar-refractivity contribution >= 4 is 46.4 Å². The van der Waals surface area contributed by atoms with Crippen molar-refractivity contribution in [3.8, 4) is 0 Å². The number of aliphatic imine (C=N–C) groups is 1. The number of hydrogen-bond donors (Lipinski definition) is 1. The van der Waals surface area contributed by atoms with Crippen LogP contribution in [-0.2, 0) is 14.3 Å². The van der Waals surface area contributed by atoms with Crippen LogP contribution in [0.5, 0.6) is 0 Å². The molecular formula is C17H16ClNO4S. The fourth-order valence-electron chi connectivity index (χ4n) is 1.89. The number of aliphatic hydroxyl groups excluding tert-OH is 1. The molecule has 0 radical (unpaired) electrons. The summed E-state index contributed by atoms with van der Waals surface area (Å²) in [6.07, 6.45) is 1.89. The molecule has 1 aliphatic rings. The average molecular weight is 366 g/mol. The van der Waals surface area contributed by atoms with E-state index in [1.54, 1.807) is 44.2 Å². The summed E-state index contributed by atoms with van der Waals surface area (Å²) in [6.45, 7) is 3.49. The maximum absolute atomic E-state index is 12.1. The maximum atomic E-state index is 12.1. The molecule has 126 valence electrons. The Morgan fingerprint density at radius 3 is 2.54 bits per heavy atom. The number of amides is 1. The highest BCUT2D eigenvalue weighted by atomic mass is 35.5. The normalized spacial score (nSPS) is 17.6. The Morgan fingerprint density at radius 2 is 1.96 bits per heavy atom. The lowest BCUT2D eigenvalue weighted by Crippen LogP contribution is -2.14. The lowest BCUT2D eigenvalue weighted by Gasteiger charge is -2.02. The molecule has 1 heterocycles. The molecule has 0 bridgehead atoms. The van der Waals surface area contributed by atoms with Crippen LogP contribution in [0.2, 0.25) is 5.02 Å². The highest BCUT2D eigenvalue weighted by molar-refractivity contribution is 8.18. The van der Waals surface area contributed by atoms with E-state index in [0.717, 1.165) is 17.3 Å². The molecule has 1 amide bonds. The van der Waals surface area contributed by atoms with E-state index >= 15 is 0 Å². The molecule has 0 aromatic heterocycles. The van der Waals surface area contributed by atoms with E-state index in [1.807, 2.05) is 0 Å². The molecule has 7 heteroatoms. The minimum Gasteiger partial charge on any atom is -0.506 e. The van der Waals surface area contributed by atoms with Crippen molar-refractivity contribution in [2.75, 3.05) is 6.61 Å². The number of thioether (sulfide) groups is 1. The molecule has 0 saturated heterocycles. The molecule has 0 saturated carbocycles. The Balaban J connectivity index is 2.44. The predicted molar refractivity (Wildman–Crippen MR) is 96.0 cm³/mol. The van der Waals surface area contributed by atoms with Crippen molar-refractivity contribution in [3.63, 3.8) is 0 Å². The fourth-order valence-corrected chi connectivity index (χ4v) is 3.05. The van der Waals surface area contributed by atoms with Gasteiger partial charge in [-0.15, -0.1) is 0 Å². The second kappa shape index (κ2) is 8.17. The van der Waals surface area contributed by atoms with Gasteiger partial charge in [-0.3, -0.25) is 4.79 Å². The third-order valence-corrected chi connectivity index (χ3v) is 4.34. The third-order valence-electron chi connectivity index (χ3n) is 3.07. The van der Waals surface area contributed by atoms with Gasteiger partial charge >= 0.3 is 5.97 Å². The number of nitrogens with zero attached hydrogens (tertiary/aromatic N) is 1. The summed E-state index contributed by atoms with van der Waals surface area (Å²) in [5.74, 6) is -1.32. The number of rotatable bonds is 4. The number of benzene rings is 1. The topological polar surface area (TPSA) is 76.0 Å². The molecule has 0 fully saturated rings. The van der Waals surface area contributed by atoms with Crippen LogP contribution in [0.4, 0.5) is 0 Å². The van der Waals surface area contributed by atoms with Gasteiger partial charge in [0, 0.05) is 11.4 Å². The zero-order valence-corrected chi connectivity index (χ0v) is 14.8. The molecule has 1 N–H and O–H groups in total. The van der Waals surface area contributed by atoms with Gasteiger partial charge in [0.1, 0.15) is 16.4 Å². The van der Waals surface area contributed by atoms with Gasteiger partial charge in [0.15, 0.2) is 0 Å². The number of aliphatic hydroxyl groups is 1. The molecule has 1 aromatic rings. The Hall–Kier alpha value is -2.05. The molecule has 5 nitrogen and oxygen atoms in total. The van der Waals surface area contributed by atoms with Crippen LogP contribution in [-0.4, -0.2) is 28.6 Å². The molecule has 0 unspecified atom stereocenters. The molecular weight excluding hydrogens is 350 g/mol. The fraction of sp³-hybridized carbons (Fsp3) is 0.235. The Labute approximate surface area is 149 Å². The summed E-state index contributed by atoms with van der Waals surface area (Å²) in [4.78, 5) is 28.0. The minimum absolute atomic E-state index is 0.0798. The van der Waals surface area contributed by atoms with Gasteiger partial charge in [-0.05, 0) is 30.7 Å². The predicted octanol–water partition coefficient (Wildman–Crippen LogP) is 4.14. The third kappa shape index (κ3) is 4.27. The first kappa shape index (κ1) is 18.3. The van der Waals surface area contributed by atoms with Gasteiger partial charge < -0.3 is 9.84 Å². The minimum atomic E-state index is -0.704. The molecule has 2 rings (SSSR count). The largest absolute Gasteiger partial charge is 0.506 e. The molecule has 0 spiro atoms. The molecule has 1 aliphatic heterocycles. The first-order valence-electron chi connectivity index (χ1n) is 7.34. The zero-order chi connectivity index (χ0) is 17.7. The summed E-state index contributed by atoms with van der Waals surface area (Å²) >= 11 is 6.91. The second-order valence-corrected chi connectivity index (χ2v) is 6.24. The van der Waals surface area contributed by atoms with Gasteiger partial charge in [-0.25, -0.2) is 9.79 Å². The summed E-state index contributed by atoms with van der Waals surface area (Å²) in [6, 6.07) is 6.99. The zero-order valence-electron chi connectivity index (χ0n) is 13.2. The first-order valence-corrected chi connectivity index (χ1v) is 8.53. The van der Waals surface area contributed by atoms with Crippen LogP contribution >= 0.6 is 23.4 Å². The number of ether oxygens (including phenoxy) is 1. The Morgan fingerprint density at radius 1 is 1.29 bits per heavy atom. The van der Waals surface area contributed by atoms with Crippen molar-refractivity contribution in [2.24, 2.45) is 4.99 Å². The van der Waals surface area contributed by atoms with Crippen molar-refractivity contribution in [3.05, 3.63) is 51.1 Å². The van der Waals surface area contributed by atoms with Gasteiger partial charge in [-0.2, -0.15) is 0 Å².